The van der Waals surface area contributed by atoms with Crippen molar-refractivity contribution in [2.75, 3.05) is 11.6 Å². The molecule has 0 bridgehead atoms. The molecule has 0 amide bonds. The van der Waals surface area contributed by atoms with Crippen LogP contribution < -0.4 is 5.32 Å². The fraction of sp³-hybridized carbons (Fsp3) is 0.211. The second-order valence-corrected chi connectivity index (χ2v) is 8.07. The summed E-state index contributed by atoms with van der Waals surface area (Å²) in [5.41, 5.74) is 1.93. The quantitative estimate of drug-likeness (QED) is 0.720. The smallest absolute Gasteiger partial charge is 0.219 e. The van der Waals surface area contributed by atoms with E-state index in [0.29, 0.717) is 5.03 Å². The van der Waals surface area contributed by atoms with Crippen LogP contribution in [0.4, 0.5) is 5.69 Å². The van der Waals surface area contributed by atoms with E-state index in [2.05, 4.69) is 12.2 Å². The molecule has 0 saturated carbocycles. The highest BCUT2D eigenvalue weighted by molar-refractivity contribution is 8.04. The first-order chi connectivity index (χ1) is 12.0. The topological polar surface area (TPSA) is 70.0 Å². The van der Waals surface area contributed by atoms with Crippen molar-refractivity contribution in [2.24, 2.45) is 0 Å². The molecule has 0 atom stereocenters. The van der Waals surface area contributed by atoms with E-state index in [-0.39, 0.29) is 9.80 Å². The standard InChI is InChI=1S/C19H20N2O2S2/c1-3-8-15-9-7-10-16(13-15)21-19(24-2)18(14-20)25(22,23)17-11-5-4-6-12-17/h4-7,9-13,21H,3,8H2,1-2H3/b19-18-. The van der Waals surface area contributed by atoms with Gasteiger partial charge in [-0.05, 0) is 42.5 Å². The molecule has 0 unspecified atom stereocenters. The summed E-state index contributed by atoms with van der Waals surface area (Å²) >= 11 is 1.21. The van der Waals surface area contributed by atoms with E-state index in [1.165, 1.54) is 23.9 Å². The number of sulfone groups is 1. The van der Waals surface area contributed by atoms with Crippen molar-refractivity contribution in [3.63, 3.8) is 0 Å². The van der Waals surface area contributed by atoms with Gasteiger partial charge in [-0.1, -0.05) is 43.7 Å². The zero-order valence-electron chi connectivity index (χ0n) is 14.2. The molecule has 25 heavy (non-hydrogen) atoms. The third-order valence-electron chi connectivity index (χ3n) is 3.56. The summed E-state index contributed by atoms with van der Waals surface area (Å²) in [5.74, 6) is 0. The Morgan fingerprint density at radius 2 is 1.88 bits per heavy atom. The zero-order valence-corrected chi connectivity index (χ0v) is 15.8. The van der Waals surface area contributed by atoms with Gasteiger partial charge in [-0.3, -0.25) is 0 Å². The number of benzene rings is 2. The van der Waals surface area contributed by atoms with Crippen molar-refractivity contribution in [3.8, 4) is 6.07 Å². The lowest BCUT2D eigenvalue weighted by molar-refractivity contribution is 0.603. The second kappa shape index (κ2) is 8.75. The molecular formula is C19H20N2O2S2. The second-order valence-electron chi connectivity index (χ2n) is 5.37. The number of nitrogens with one attached hydrogen (secondary N) is 1. The van der Waals surface area contributed by atoms with Crippen molar-refractivity contribution in [1.29, 1.82) is 5.26 Å². The van der Waals surface area contributed by atoms with Gasteiger partial charge in [0.15, 0.2) is 4.91 Å². The number of rotatable bonds is 7. The molecule has 6 heteroatoms. The lowest BCUT2D eigenvalue weighted by Crippen LogP contribution is -2.10. The van der Waals surface area contributed by atoms with E-state index in [0.717, 1.165) is 24.1 Å². The highest BCUT2D eigenvalue weighted by Crippen LogP contribution is 2.28. The molecule has 0 saturated heterocycles. The van der Waals surface area contributed by atoms with Gasteiger partial charge in [0.2, 0.25) is 9.84 Å². The van der Waals surface area contributed by atoms with Gasteiger partial charge in [0, 0.05) is 5.69 Å². The number of anilines is 1. The Balaban J connectivity index is 2.45. The Kier molecular flexibility index (Phi) is 6.68. The monoisotopic (exact) mass is 372 g/mol. The van der Waals surface area contributed by atoms with Gasteiger partial charge in [0.05, 0.1) is 4.90 Å². The number of thioether (sulfide) groups is 1. The largest absolute Gasteiger partial charge is 0.349 e. The lowest BCUT2D eigenvalue weighted by atomic mass is 10.1. The predicted molar refractivity (Wildman–Crippen MR) is 104 cm³/mol. The van der Waals surface area contributed by atoms with E-state index in [9.17, 15) is 13.7 Å². The molecule has 0 radical (unpaired) electrons. The summed E-state index contributed by atoms with van der Waals surface area (Å²) in [5, 5.41) is 12.9. The average molecular weight is 373 g/mol. The summed E-state index contributed by atoms with van der Waals surface area (Å²) in [6.07, 6.45) is 3.72. The summed E-state index contributed by atoms with van der Waals surface area (Å²) < 4.78 is 25.6. The fourth-order valence-corrected chi connectivity index (χ4v) is 4.57. The molecule has 0 fully saturated rings. The first-order valence-corrected chi connectivity index (χ1v) is 10.6. The van der Waals surface area contributed by atoms with E-state index in [1.807, 2.05) is 30.3 Å². The molecule has 2 aromatic carbocycles. The number of allylic oxidation sites excluding steroid dienone is 1. The molecule has 1 N–H and O–H groups in total. The van der Waals surface area contributed by atoms with Gasteiger partial charge in [-0.15, -0.1) is 11.8 Å². The Labute approximate surface area is 153 Å². The van der Waals surface area contributed by atoms with Crippen LogP contribution in [0.1, 0.15) is 18.9 Å². The van der Waals surface area contributed by atoms with Gasteiger partial charge in [0.1, 0.15) is 11.1 Å². The molecule has 2 rings (SSSR count). The normalized spacial score (nSPS) is 12.2. The SMILES string of the molecule is CCCc1cccc(N/C(SC)=C(\C#N)S(=O)(=O)c2ccccc2)c1. The Morgan fingerprint density at radius 1 is 1.16 bits per heavy atom. The van der Waals surface area contributed by atoms with Crippen LogP contribution in [-0.2, 0) is 16.3 Å². The number of nitriles is 1. The minimum Gasteiger partial charge on any atom is -0.349 e. The minimum absolute atomic E-state index is 0.111. The maximum absolute atomic E-state index is 12.8. The molecular weight excluding hydrogens is 352 g/mol. The molecule has 130 valence electrons. The predicted octanol–water partition coefficient (Wildman–Crippen LogP) is 4.58. The van der Waals surface area contributed by atoms with Crippen LogP contribution in [0.25, 0.3) is 0 Å². The van der Waals surface area contributed by atoms with Crippen molar-refractivity contribution >= 4 is 27.3 Å². The van der Waals surface area contributed by atoms with Crippen molar-refractivity contribution < 1.29 is 8.42 Å². The molecule has 0 aliphatic heterocycles. The third-order valence-corrected chi connectivity index (χ3v) is 6.13. The Hall–Kier alpha value is -2.23. The van der Waals surface area contributed by atoms with Crippen LogP contribution in [0.15, 0.2) is 69.4 Å². The third kappa shape index (κ3) is 4.65. The van der Waals surface area contributed by atoms with Gasteiger partial charge >= 0.3 is 0 Å². The first-order valence-electron chi connectivity index (χ1n) is 7.87. The van der Waals surface area contributed by atoms with Gasteiger partial charge < -0.3 is 5.32 Å². The molecule has 0 aliphatic rings. The van der Waals surface area contributed by atoms with Crippen LogP contribution in [0, 0.1) is 11.3 Å². The van der Waals surface area contributed by atoms with Crippen molar-refractivity contribution in [3.05, 3.63) is 70.1 Å². The van der Waals surface area contributed by atoms with Crippen LogP contribution in [0.2, 0.25) is 0 Å². The Bertz CT molecular complexity index is 899. The van der Waals surface area contributed by atoms with E-state index < -0.39 is 9.84 Å². The first kappa shape index (κ1) is 19.1. The minimum atomic E-state index is -3.87. The molecule has 0 aliphatic carbocycles. The maximum Gasteiger partial charge on any atom is 0.219 e. The molecule has 0 aromatic heterocycles. The van der Waals surface area contributed by atoms with Gasteiger partial charge in [0.25, 0.3) is 0 Å². The lowest BCUT2D eigenvalue weighted by Gasteiger charge is -2.13. The maximum atomic E-state index is 12.8. The Morgan fingerprint density at radius 3 is 2.48 bits per heavy atom. The van der Waals surface area contributed by atoms with Crippen LogP contribution in [-0.4, -0.2) is 14.7 Å². The molecule has 0 heterocycles. The average Bonchev–Trinajstić information content (AvgIpc) is 2.62. The van der Waals surface area contributed by atoms with Gasteiger partial charge in [-0.25, -0.2) is 8.42 Å². The highest BCUT2D eigenvalue weighted by Gasteiger charge is 2.24. The number of aryl methyl sites for hydroxylation is 1. The zero-order chi connectivity index (χ0) is 18.3. The highest BCUT2D eigenvalue weighted by atomic mass is 32.2. The summed E-state index contributed by atoms with van der Waals surface area (Å²) in [7, 11) is -3.87. The van der Waals surface area contributed by atoms with Gasteiger partial charge in [-0.2, -0.15) is 5.26 Å². The summed E-state index contributed by atoms with van der Waals surface area (Å²) in [6.45, 7) is 2.10. The van der Waals surface area contributed by atoms with E-state index in [4.69, 9.17) is 0 Å². The van der Waals surface area contributed by atoms with Crippen LogP contribution in [0.5, 0.6) is 0 Å². The number of hydrogen-bond acceptors (Lipinski definition) is 5. The molecule has 4 nitrogen and oxygen atoms in total. The number of hydrogen-bond donors (Lipinski definition) is 1. The fourth-order valence-electron chi connectivity index (χ4n) is 2.38. The summed E-state index contributed by atoms with van der Waals surface area (Å²) in [6, 6.07) is 17.7. The summed E-state index contributed by atoms with van der Waals surface area (Å²) in [4.78, 5) is -0.160. The van der Waals surface area contributed by atoms with Crippen LogP contribution in [0.3, 0.4) is 0 Å². The van der Waals surface area contributed by atoms with E-state index >= 15 is 0 Å². The molecule has 0 spiro atoms. The van der Waals surface area contributed by atoms with E-state index in [1.54, 1.807) is 24.5 Å². The van der Waals surface area contributed by atoms with Crippen molar-refractivity contribution in [1.82, 2.24) is 0 Å². The molecule has 2 aromatic rings. The van der Waals surface area contributed by atoms with Crippen molar-refractivity contribution in [2.45, 2.75) is 24.7 Å². The van der Waals surface area contributed by atoms with Crippen LogP contribution >= 0.6 is 11.8 Å². The number of nitrogens with zero attached hydrogens (tertiary/aromatic N) is 1.